The Morgan fingerprint density at radius 2 is 1.27 bits per heavy atom. The summed E-state index contributed by atoms with van der Waals surface area (Å²) in [5.41, 5.74) is 0.755. The number of aliphatic hydroxyl groups is 1. The summed E-state index contributed by atoms with van der Waals surface area (Å²) >= 11 is 0. The first-order valence-corrected chi connectivity index (χ1v) is 9.86. The summed E-state index contributed by atoms with van der Waals surface area (Å²) in [6.45, 7) is 4.99. The second-order valence-electron chi connectivity index (χ2n) is 5.88. The van der Waals surface area contributed by atoms with E-state index in [9.17, 15) is 4.79 Å². The van der Waals surface area contributed by atoms with E-state index >= 15 is 0 Å². The SMILES string of the molecule is O=C(O)C=Cc1cccc(OCCOCCOCCOCCOCCOCCO)c1. The molecule has 1 aromatic carbocycles. The van der Waals surface area contributed by atoms with E-state index in [0.717, 1.165) is 11.6 Å². The number of aliphatic carboxylic acids is 1. The van der Waals surface area contributed by atoms with E-state index in [-0.39, 0.29) is 6.61 Å². The van der Waals surface area contributed by atoms with Crippen molar-refractivity contribution < 1.29 is 43.4 Å². The first-order valence-electron chi connectivity index (χ1n) is 9.86. The highest BCUT2D eigenvalue weighted by atomic mass is 16.6. The Morgan fingerprint density at radius 3 is 1.77 bits per heavy atom. The minimum absolute atomic E-state index is 0.0198. The van der Waals surface area contributed by atoms with Gasteiger partial charge >= 0.3 is 5.97 Å². The molecule has 0 aliphatic carbocycles. The molecule has 0 spiro atoms. The van der Waals surface area contributed by atoms with Gasteiger partial charge in [-0.25, -0.2) is 4.79 Å². The fourth-order valence-corrected chi connectivity index (χ4v) is 2.14. The first-order chi connectivity index (χ1) is 14.7. The molecule has 0 amide bonds. The van der Waals surface area contributed by atoms with Crippen molar-refractivity contribution in [2.45, 2.75) is 0 Å². The van der Waals surface area contributed by atoms with Gasteiger partial charge in [0.2, 0.25) is 0 Å². The van der Waals surface area contributed by atoms with E-state index in [1.165, 1.54) is 6.08 Å². The van der Waals surface area contributed by atoms with Gasteiger partial charge in [-0.2, -0.15) is 0 Å². The fourth-order valence-electron chi connectivity index (χ4n) is 2.14. The van der Waals surface area contributed by atoms with E-state index < -0.39 is 5.97 Å². The Balaban J connectivity index is 1.87. The quantitative estimate of drug-likeness (QED) is 0.234. The van der Waals surface area contributed by atoms with Crippen LogP contribution in [0.4, 0.5) is 0 Å². The molecule has 0 atom stereocenters. The molecule has 2 N–H and O–H groups in total. The number of aliphatic hydroxyl groups excluding tert-OH is 1. The largest absolute Gasteiger partial charge is 0.491 e. The van der Waals surface area contributed by atoms with Crippen LogP contribution in [0.15, 0.2) is 30.3 Å². The fraction of sp³-hybridized carbons (Fsp3) is 0.571. The summed E-state index contributed by atoms with van der Waals surface area (Å²) in [5.74, 6) is -0.337. The average molecular weight is 428 g/mol. The lowest BCUT2D eigenvalue weighted by Crippen LogP contribution is -2.14. The number of ether oxygens (including phenoxy) is 6. The van der Waals surface area contributed by atoms with Crippen LogP contribution in [0.1, 0.15) is 5.56 Å². The van der Waals surface area contributed by atoms with Gasteiger partial charge in [0.05, 0.1) is 72.7 Å². The molecule has 1 aromatic rings. The zero-order valence-corrected chi connectivity index (χ0v) is 17.2. The summed E-state index contributed by atoms with van der Waals surface area (Å²) in [6.07, 6.45) is 2.59. The average Bonchev–Trinajstić information content (AvgIpc) is 2.75. The molecule has 0 fully saturated rings. The van der Waals surface area contributed by atoms with Crippen molar-refractivity contribution in [1.82, 2.24) is 0 Å². The normalized spacial score (nSPS) is 11.2. The minimum Gasteiger partial charge on any atom is -0.491 e. The molecule has 1 rings (SSSR count). The van der Waals surface area contributed by atoms with Gasteiger partial charge in [0.15, 0.2) is 0 Å². The lowest BCUT2D eigenvalue weighted by molar-refractivity contribution is -0.131. The molecular weight excluding hydrogens is 396 g/mol. The van der Waals surface area contributed by atoms with Crippen LogP contribution in [0.25, 0.3) is 6.08 Å². The zero-order chi connectivity index (χ0) is 21.7. The smallest absolute Gasteiger partial charge is 0.328 e. The Kier molecular flexibility index (Phi) is 16.5. The van der Waals surface area contributed by atoms with Crippen LogP contribution in [0.2, 0.25) is 0 Å². The molecule has 0 radical (unpaired) electrons. The van der Waals surface area contributed by atoms with Crippen molar-refractivity contribution in [3.8, 4) is 5.75 Å². The predicted molar refractivity (Wildman–Crippen MR) is 110 cm³/mol. The summed E-state index contributed by atoms with van der Waals surface area (Å²) in [5, 5.41) is 17.2. The molecular formula is C21H32O9. The topological polar surface area (TPSA) is 113 Å². The lowest BCUT2D eigenvalue weighted by atomic mass is 10.2. The highest BCUT2D eigenvalue weighted by Crippen LogP contribution is 2.14. The van der Waals surface area contributed by atoms with Gasteiger partial charge in [-0.1, -0.05) is 12.1 Å². The third kappa shape index (κ3) is 15.9. The zero-order valence-electron chi connectivity index (χ0n) is 17.2. The van der Waals surface area contributed by atoms with E-state index in [1.54, 1.807) is 24.3 Å². The highest BCUT2D eigenvalue weighted by molar-refractivity contribution is 5.85. The van der Waals surface area contributed by atoms with Crippen LogP contribution < -0.4 is 4.74 Å². The molecule has 0 aliphatic heterocycles. The van der Waals surface area contributed by atoms with E-state index in [2.05, 4.69) is 0 Å². The van der Waals surface area contributed by atoms with Crippen LogP contribution in [-0.2, 0) is 28.5 Å². The third-order valence-corrected chi connectivity index (χ3v) is 3.50. The molecule has 0 bridgehead atoms. The second kappa shape index (κ2) is 19.0. The molecule has 9 heteroatoms. The van der Waals surface area contributed by atoms with Crippen molar-refractivity contribution in [3.63, 3.8) is 0 Å². The number of hydrogen-bond acceptors (Lipinski definition) is 8. The summed E-state index contributed by atoms with van der Waals surface area (Å²) in [4.78, 5) is 10.5. The van der Waals surface area contributed by atoms with Gasteiger partial charge in [0, 0.05) is 6.08 Å². The molecule has 0 heterocycles. The minimum atomic E-state index is -0.991. The first kappa shape index (κ1) is 26.0. The Labute approximate surface area is 177 Å². The number of carboxylic acids is 1. The number of carbonyl (C=O) groups is 1. The van der Waals surface area contributed by atoms with Crippen LogP contribution in [0.3, 0.4) is 0 Å². The van der Waals surface area contributed by atoms with Crippen molar-refractivity contribution in [2.75, 3.05) is 79.3 Å². The Morgan fingerprint density at radius 1 is 0.767 bits per heavy atom. The molecule has 0 saturated carbocycles. The summed E-state index contributed by atoms with van der Waals surface area (Å²) in [6, 6.07) is 7.16. The second-order valence-corrected chi connectivity index (χ2v) is 5.88. The maximum atomic E-state index is 10.5. The molecule has 9 nitrogen and oxygen atoms in total. The van der Waals surface area contributed by atoms with Crippen molar-refractivity contribution in [3.05, 3.63) is 35.9 Å². The third-order valence-electron chi connectivity index (χ3n) is 3.50. The maximum Gasteiger partial charge on any atom is 0.328 e. The van der Waals surface area contributed by atoms with Gasteiger partial charge in [-0.05, 0) is 23.8 Å². The Bertz CT molecular complexity index is 577. The van der Waals surface area contributed by atoms with Crippen LogP contribution in [-0.4, -0.2) is 95.5 Å². The van der Waals surface area contributed by atoms with Crippen LogP contribution in [0.5, 0.6) is 5.75 Å². The molecule has 0 unspecified atom stereocenters. The molecule has 170 valence electrons. The standard InChI is InChI=1S/C21H32O9/c22-6-7-25-8-9-26-10-11-27-12-13-28-14-15-29-16-17-30-20-3-1-2-19(18-20)4-5-21(23)24/h1-5,18,22H,6-17H2,(H,23,24). The molecule has 30 heavy (non-hydrogen) atoms. The number of hydrogen-bond donors (Lipinski definition) is 2. The number of benzene rings is 1. The molecule has 0 aromatic heterocycles. The van der Waals surface area contributed by atoms with Crippen molar-refractivity contribution in [1.29, 1.82) is 0 Å². The van der Waals surface area contributed by atoms with Crippen molar-refractivity contribution >= 4 is 12.0 Å². The highest BCUT2D eigenvalue weighted by Gasteiger charge is 1.97. The monoisotopic (exact) mass is 428 g/mol. The van der Waals surface area contributed by atoms with Gasteiger partial charge in [-0.3, -0.25) is 0 Å². The van der Waals surface area contributed by atoms with Crippen molar-refractivity contribution in [2.24, 2.45) is 0 Å². The van der Waals surface area contributed by atoms with Gasteiger partial charge in [0.1, 0.15) is 12.4 Å². The van der Waals surface area contributed by atoms with Gasteiger partial charge in [-0.15, -0.1) is 0 Å². The van der Waals surface area contributed by atoms with Gasteiger partial charge in [0.25, 0.3) is 0 Å². The molecule has 0 saturated heterocycles. The van der Waals surface area contributed by atoms with Gasteiger partial charge < -0.3 is 38.6 Å². The number of carboxylic acid groups (broad SMARTS) is 1. The Hall–Kier alpha value is -2.01. The van der Waals surface area contributed by atoms with E-state index in [0.29, 0.717) is 78.4 Å². The predicted octanol–water partition coefficient (Wildman–Crippen LogP) is 1.24. The molecule has 0 aliphatic rings. The summed E-state index contributed by atoms with van der Waals surface area (Å²) < 4.78 is 32.1. The number of rotatable bonds is 20. The lowest BCUT2D eigenvalue weighted by Gasteiger charge is -2.09. The van der Waals surface area contributed by atoms with Crippen LogP contribution >= 0.6 is 0 Å². The summed E-state index contributed by atoms with van der Waals surface area (Å²) in [7, 11) is 0. The maximum absolute atomic E-state index is 10.5. The van der Waals surface area contributed by atoms with E-state index in [4.69, 9.17) is 38.6 Å². The van der Waals surface area contributed by atoms with Crippen LogP contribution in [0, 0.1) is 0 Å². The van der Waals surface area contributed by atoms with E-state index in [1.807, 2.05) is 0 Å².